The Bertz CT molecular complexity index is 357. The second kappa shape index (κ2) is 6.88. The van der Waals surface area contributed by atoms with E-state index in [1.54, 1.807) is 0 Å². The number of hydrogen-bond donors (Lipinski definition) is 1. The van der Waals surface area contributed by atoms with Gasteiger partial charge in [0.2, 0.25) is 5.91 Å². The lowest BCUT2D eigenvalue weighted by molar-refractivity contribution is -0.139. The van der Waals surface area contributed by atoms with Crippen LogP contribution in [-0.2, 0) is 4.79 Å². The molecule has 0 atom stereocenters. The number of carbonyl (C=O) groups excluding carboxylic acids is 1. The van der Waals surface area contributed by atoms with Crippen molar-refractivity contribution in [3.8, 4) is 0 Å². The van der Waals surface area contributed by atoms with Gasteiger partial charge < -0.3 is 10.6 Å². The van der Waals surface area contributed by atoms with Gasteiger partial charge in [-0.15, -0.1) is 0 Å². The molecule has 0 bridgehead atoms. The van der Waals surface area contributed by atoms with E-state index in [1.807, 2.05) is 0 Å². The molecule has 1 amide bonds. The van der Waals surface area contributed by atoms with E-state index in [1.165, 1.54) is 12.8 Å². The Morgan fingerprint density at radius 3 is 2.30 bits per heavy atom. The van der Waals surface area contributed by atoms with Crippen molar-refractivity contribution in [3.63, 3.8) is 0 Å². The van der Waals surface area contributed by atoms with Crippen molar-refractivity contribution in [1.29, 1.82) is 0 Å². The minimum Gasteiger partial charge on any atom is -0.392 e. The van der Waals surface area contributed by atoms with Crippen LogP contribution in [0.2, 0.25) is 0 Å². The Balaban J connectivity index is 2.17. The number of rotatable bonds is 6. The van der Waals surface area contributed by atoms with Crippen LogP contribution in [0.3, 0.4) is 0 Å². The summed E-state index contributed by atoms with van der Waals surface area (Å²) in [7, 11) is 0. The van der Waals surface area contributed by atoms with Crippen LogP contribution in [-0.4, -0.2) is 28.4 Å². The first-order valence-corrected chi connectivity index (χ1v) is 8.63. The number of nitrogens with two attached hydrogens (primary N) is 1. The summed E-state index contributed by atoms with van der Waals surface area (Å²) in [5, 5.41) is 0. The molecular weight excluding hydrogens is 268 g/mol. The number of thiocarbonyl (C=S) groups is 1. The zero-order valence-corrected chi connectivity index (χ0v) is 13.5. The van der Waals surface area contributed by atoms with Crippen LogP contribution in [0.25, 0.3) is 0 Å². The molecule has 2 rings (SSSR count). The lowest BCUT2D eigenvalue weighted by atomic mass is 9.78. The molecule has 20 heavy (non-hydrogen) atoms. The third-order valence-corrected chi connectivity index (χ3v) is 5.23. The number of hydrogen-bond acceptors (Lipinski definition) is 2. The van der Waals surface area contributed by atoms with Gasteiger partial charge in [0, 0.05) is 12.6 Å². The van der Waals surface area contributed by atoms with E-state index in [9.17, 15) is 4.79 Å². The molecule has 0 aromatic rings. The molecule has 2 saturated carbocycles. The third kappa shape index (κ3) is 3.33. The van der Waals surface area contributed by atoms with Crippen molar-refractivity contribution >= 4 is 23.1 Å². The fourth-order valence-electron chi connectivity index (χ4n) is 3.34. The highest BCUT2D eigenvalue weighted by Crippen LogP contribution is 2.40. The molecule has 2 fully saturated rings. The SMILES string of the molecule is CCCCN(C(=O)C1(C(N)=S)CCCCCC1)C1CC1. The van der Waals surface area contributed by atoms with E-state index < -0.39 is 5.41 Å². The lowest BCUT2D eigenvalue weighted by Crippen LogP contribution is -2.51. The number of carbonyl (C=O) groups is 1. The molecule has 0 spiro atoms. The summed E-state index contributed by atoms with van der Waals surface area (Å²) in [6.45, 7) is 3.05. The largest absolute Gasteiger partial charge is 0.392 e. The van der Waals surface area contributed by atoms with Crippen LogP contribution < -0.4 is 5.73 Å². The molecule has 2 aliphatic carbocycles. The molecule has 0 radical (unpaired) electrons. The molecule has 0 aromatic carbocycles. The Morgan fingerprint density at radius 1 is 1.25 bits per heavy atom. The van der Waals surface area contributed by atoms with E-state index in [0.29, 0.717) is 11.0 Å². The molecule has 0 saturated heterocycles. The van der Waals surface area contributed by atoms with Crippen LogP contribution >= 0.6 is 12.2 Å². The van der Waals surface area contributed by atoms with Crippen molar-refractivity contribution in [1.82, 2.24) is 4.90 Å². The average Bonchev–Trinajstić information content (AvgIpc) is 3.25. The van der Waals surface area contributed by atoms with E-state index in [2.05, 4.69) is 11.8 Å². The summed E-state index contributed by atoms with van der Waals surface area (Å²) >= 11 is 5.33. The Morgan fingerprint density at radius 2 is 1.85 bits per heavy atom. The first-order valence-electron chi connectivity index (χ1n) is 8.23. The van der Waals surface area contributed by atoms with Crippen LogP contribution in [0, 0.1) is 5.41 Å². The minimum atomic E-state index is -0.540. The fourth-order valence-corrected chi connectivity index (χ4v) is 3.63. The van der Waals surface area contributed by atoms with Crippen molar-refractivity contribution < 1.29 is 4.79 Å². The molecule has 3 nitrogen and oxygen atoms in total. The van der Waals surface area contributed by atoms with E-state index >= 15 is 0 Å². The summed E-state index contributed by atoms with van der Waals surface area (Å²) in [6.07, 6.45) is 10.8. The molecule has 2 N–H and O–H groups in total. The molecule has 4 heteroatoms. The van der Waals surface area contributed by atoms with Crippen LogP contribution in [0.1, 0.15) is 71.1 Å². The molecule has 0 aromatic heterocycles. The van der Waals surface area contributed by atoms with Gasteiger partial charge in [-0.2, -0.15) is 0 Å². The summed E-state index contributed by atoms with van der Waals surface area (Å²) in [6, 6.07) is 0.462. The summed E-state index contributed by atoms with van der Waals surface area (Å²) in [4.78, 5) is 15.7. The van der Waals surface area contributed by atoms with Gasteiger partial charge in [-0.1, -0.05) is 51.2 Å². The van der Waals surface area contributed by atoms with Gasteiger partial charge in [-0.25, -0.2) is 0 Å². The lowest BCUT2D eigenvalue weighted by Gasteiger charge is -2.36. The maximum absolute atomic E-state index is 13.2. The minimum absolute atomic E-state index is 0.239. The van der Waals surface area contributed by atoms with Crippen molar-refractivity contribution in [3.05, 3.63) is 0 Å². The summed E-state index contributed by atoms with van der Waals surface area (Å²) in [5.41, 5.74) is 5.50. The molecule has 0 aliphatic heterocycles. The number of amides is 1. The second-order valence-electron chi connectivity index (χ2n) is 6.44. The topological polar surface area (TPSA) is 46.3 Å². The summed E-state index contributed by atoms with van der Waals surface area (Å²) < 4.78 is 0. The van der Waals surface area contributed by atoms with Gasteiger partial charge in [0.25, 0.3) is 0 Å². The Hall–Kier alpha value is -0.640. The molecular formula is C16H28N2OS. The van der Waals surface area contributed by atoms with E-state index in [0.717, 1.165) is 57.9 Å². The molecule has 0 unspecified atom stereocenters. The monoisotopic (exact) mass is 296 g/mol. The van der Waals surface area contributed by atoms with Crippen molar-refractivity contribution in [2.75, 3.05) is 6.54 Å². The van der Waals surface area contributed by atoms with E-state index in [4.69, 9.17) is 18.0 Å². The van der Waals surface area contributed by atoms with Gasteiger partial charge in [0.1, 0.15) is 0 Å². The fraction of sp³-hybridized carbons (Fsp3) is 0.875. The van der Waals surface area contributed by atoms with Gasteiger partial charge in [0.15, 0.2) is 0 Å². The third-order valence-electron chi connectivity index (χ3n) is 4.84. The number of nitrogens with zero attached hydrogens (tertiary/aromatic N) is 1. The number of unbranched alkanes of at least 4 members (excludes halogenated alkanes) is 1. The smallest absolute Gasteiger partial charge is 0.235 e. The van der Waals surface area contributed by atoms with Crippen molar-refractivity contribution in [2.45, 2.75) is 77.2 Å². The maximum Gasteiger partial charge on any atom is 0.235 e. The molecule has 2 aliphatic rings. The van der Waals surface area contributed by atoms with Crippen molar-refractivity contribution in [2.24, 2.45) is 11.1 Å². The highest BCUT2D eigenvalue weighted by molar-refractivity contribution is 7.80. The highest BCUT2D eigenvalue weighted by atomic mass is 32.1. The maximum atomic E-state index is 13.2. The normalized spacial score (nSPS) is 22.1. The Kier molecular flexibility index (Phi) is 5.42. The summed E-state index contributed by atoms with van der Waals surface area (Å²) in [5.74, 6) is 0.239. The zero-order chi connectivity index (χ0) is 14.6. The predicted octanol–water partition coefficient (Wildman–Crippen LogP) is 3.40. The first kappa shape index (κ1) is 15.7. The second-order valence-corrected chi connectivity index (χ2v) is 6.88. The molecule has 114 valence electrons. The standard InChI is InChI=1S/C16H28N2OS/c1-2-3-12-18(13-8-9-13)15(19)16(14(17)20)10-6-4-5-7-11-16/h13H,2-12H2,1H3,(H2,17,20). The van der Waals surface area contributed by atoms with Gasteiger partial charge in [-0.3, -0.25) is 4.79 Å². The quantitative estimate of drug-likeness (QED) is 0.603. The van der Waals surface area contributed by atoms with Crippen LogP contribution in [0.4, 0.5) is 0 Å². The molecule has 0 heterocycles. The Labute approximate surface area is 128 Å². The van der Waals surface area contributed by atoms with Gasteiger partial charge in [0.05, 0.1) is 10.4 Å². The predicted molar refractivity (Wildman–Crippen MR) is 86.6 cm³/mol. The van der Waals surface area contributed by atoms with Gasteiger partial charge in [-0.05, 0) is 32.1 Å². The van der Waals surface area contributed by atoms with Crippen LogP contribution in [0.15, 0.2) is 0 Å². The average molecular weight is 296 g/mol. The zero-order valence-electron chi connectivity index (χ0n) is 12.7. The highest BCUT2D eigenvalue weighted by Gasteiger charge is 2.46. The first-order chi connectivity index (χ1) is 9.62. The van der Waals surface area contributed by atoms with Gasteiger partial charge >= 0.3 is 0 Å². The van der Waals surface area contributed by atoms with Crippen LogP contribution in [0.5, 0.6) is 0 Å². The van der Waals surface area contributed by atoms with E-state index in [-0.39, 0.29) is 5.91 Å².